The van der Waals surface area contributed by atoms with Crippen molar-refractivity contribution in [1.29, 1.82) is 0 Å². The van der Waals surface area contributed by atoms with E-state index in [1.807, 2.05) is 0 Å². The highest BCUT2D eigenvalue weighted by molar-refractivity contribution is 5.89. The van der Waals surface area contributed by atoms with Crippen LogP contribution in [0.15, 0.2) is 0 Å². The molecule has 0 saturated heterocycles. The predicted octanol–water partition coefficient (Wildman–Crippen LogP) is 0.174. The van der Waals surface area contributed by atoms with Gasteiger partial charge in [0.2, 0.25) is 0 Å². The highest BCUT2D eigenvalue weighted by atomic mass is 27.0. The molecule has 0 fully saturated rings. The minimum absolute atomic E-state index is 0. The van der Waals surface area contributed by atoms with Gasteiger partial charge in [0, 0.05) is 23.8 Å². The van der Waals surface area contributed by atoms with Crippen LogP contribution in [0.1, 0.15) is 19.8 Å². The van der Waals surface area contributed by atoms with Crippen molar-refractivity contribution in [3.63, 3.8) is 0 Å². The highest BCUT2D eigenvalue weighted by Gasteiger charge is 1.91. The van der Waals surface area contributed by atoms with E-state index in [-0.39, 0.29) is 29.6 Å². The number of hydrogen-bond acceptors (Lipinski definition) is 2. The number of aldehydes is 1. The summed E-state index contributed by atoms with van der Waals surface area (Å²) in [6.45, 7) is 1.74. The Labute approximate surface area is 59.4 Å². The second kappa shape index (κ2) is 6.87. The van der Waals surface area contributed by atoms with Gasteiger partial charge in [-0.1, -0.05) is 6.92 Å². The molecule has 8 heavy (non-hydrogen) atoms. The molecular formula is C5H8AlO2. The van der Waals surface area contributed by atoms with Crippen molar-refractivity contribution in [3.8, 4) is 0 Å². The van der Waals surface area contributed by atoms with Gasteiger partial charge >= 0.3 is 0 Å². The Morgan fingerprint density at radius 1 is 1.62 bits per heavy atom. The molecule has 0 aromatic rings. The lowest BCUT2D eigenvalue weighted by molar-refractivity contribution is -0.122. The van der Waals surface area contributed by atoms with E-state index in [0.29, 0.717) is 12.7 Å². The molecule has 3 radical (unpaired) electrons. The molecule has 0 aliphatic carbocycles. The van der Waals surface area contributed by atoms with Crippen LogP contribution < -0.4 is 0 Å². The number of Topliss-reactive ketones (excluding diaryl/α,β-unsaturated/α-hetero) is 1. The first-order valence-electron chi connectivity index (χ1n) is 2.26. The Morgan fingerprint density at radius 2 is 2.12 bits per heavy atom. The summed E-state index contributed by atoms with van der Waals surface area (Å²) < 4.78 is 0. The van der Waals surface area contributed by atoms with Crippen molar-refractivity contribution in [2.24, 2.45) is 0 Å². The van der Waals surface area contributed by atoms with E-state index in [1.165, 1.54) is 0 Å². The second-order valence-corrected chi connectivity index (χ2v) is 1.26. The number of carbonyl (C=O) groups excluding carboxylic acids is 2. The molecule has 0 atom stereocenters. The van der Waals surface area contributed by atoms with E-state index in [2.05, 4.69) is 0 Å². The molecule has 0 saturated carbocycles. The largest absolute Gasteiger partial charge is 0.303 e. The van der Waals surface area contributed by atoms with Gasteiger partial charge in [0.25, 0.3) is 0 Å². The monoisotopic (exact) mass is 127 g/mol. The first-order chi connectivity index (χ1) is 3.31. The lowest BCUT2D eigenvalue weighted by Gasteiger charge is -1.80. The van der Waals surface area contributed by atoms with E-state index in [1.54, 1.807) is 6.92 Å². The number of ketones is 1. The molecule has 0 unspecified atom stereocenters. The minimum Gasteiger partial charge on any atom is -0.303 e. The van der Waals surface area contributed by atoms with Crippen LogP contribution in [0.2, 0.25) is 0 Å². The number of hydrogen-bond donors (Lipinski definition) is 0. The third-order valence-electron chi connectivity index (χ3n) is 0.705. The molecule has 0 aromatic heterocycles. The van der Waals surface area contributed by atoms with Crippen LogP contribution in [0.5, 0.6) is 0 Å². The number of carbonyl (C=O) groups is 2. The van der Waals surface area contributed by atoms with Gasteiger partial charge in [-0.05, 0) is 0 Å². The highest BCUT2D eigenvalue weighted by Crippen LogP contribution is 1.81. The van der Waals surface area contributed by atoms with Crippen LogP contribution in [0.4, 0.5) is 0 Å². The molecule has 0 heterocycles. The fourth-order valence-corrected chi connectivity index (χ4v) is 0.237. The second-order valence-electron chi connectivity index (χ2n) is 1.26. The zero-order valence-electron chi connectivity index (χ0n) is 4.89. The van der Waals surface area contributed by atoms with Gasteiger partial charge in [0.15, 0.2) is 0 Å². The quantitative estimate of drug-likeness (QED) is 0.308. The van der Waals surface area contributed by atoms with Gasteiger partial charge in [-0.15, -0.1) is 0 Å². The van der Waals surface area contributed by atoms with Crippen LogP contribution in [0, 0.1) is 0 Å². The van der Waals surface area contributed by atoms with Crippen LogP contribution in [0.25, 0.3) is 0 Å². The van der Waals surface area contributed by atoms with Gasteiger partial charge in [-0.3, -0.25) is 4.79 Å². The van der Waals surface area contributed by atoms with E-state index < -0.39 is 0 Å². The van der Waals surface area contributed by atoms with Gasteiger partial charge in [0.1, 0.15) is 12.1 Å². The van der Waals surface area contributed by atoms with E-state index in [4.69, 9.17) is 0 Å². The fourth-order valence-electron chi connectivity index (χ4n) is 0.237. The predicted molar refractivity (Wildman–Crippen MR) is 31.7 cm³/mol. The van der Waals surface area contributed by atoms with E-state index in [9.17, 15) is 9.59 Å². The van der Waals surface area contributed by atoms with Crippen LogP contribution in [-0.4, -0.2) is 29.4 Å². The minimum atomic E-state index is 0. The first kappa shape index (κ1) is 10.8. The third-order valence-corrected chi connectivity index (χ3v) is 0.705. The summed E-state index contributed by atoms with van der Waals surface area (Å²) in [6.07, 6.45) is 1.18. The molecule has 0 aromatic carbocycles. The van der Waals surface area contributed by atoms with Crippen LogP contribution in [0.3, 0.4) is 0 Å². The normalized spacial score (nSPS) is 7.12. The standard InChI is InChI=1S/C5H8O2.Al/c1-2-5(7)3-4-6;/h4H,2-3H2,1H3;. The average Bonchev–Trinajstić information content (AvgIpc) is 1.68. The van der Waals surface area contributed by atoms with Crippen molar-refractivity contribution in [2.75, 3.05) is 0 Å². The topological polar surface area (TPSA) is 34.1 Å². The maximum atomic E-state index is 10.2. The molecule has 0 rings (SSSR count). The van der Waals surface area contributed by atoms with Crippen molar-refractivity contribution < 1.29 is 9.59 Å². The molecule has 0 amide bonds. The molecule has 0 bridgehead atoms. The molecule has 43 valence electrons. The molecule has 2 nitrogen and oxygen atoms in total. The summed E-state index contributed by atoms with van der Waals surface area (Å²) in [6, 6.07) is 0. The smallest absolute Gasteiger partial charge is 0.139 e. The fraction of sp³-hybridized carbons (Fsp3) is 0.600. The van der Waals surface area contributed by atoms with Gasteiger partial charge in [-0.25, -0.2) is 0 Å². The maximum Gasteiger partial charge on any atom is 0.139 e. The van der Waals surface area contributed by atoms with Crippen LogP contribution >= 0.6 is 0 Å². The van der Waals surface area contributed by atoms with Crippen molar-refractivity contribution in [2.45, 2.75) is 19.8 Å². The van der Waals surface area contributed by atoms with Gasteiger partial charge in [-0.2, -0.15) is 0 Å². The third kappa shape index (κ3) is 5.87. The first-order valence-corrected chi connectivity index (χ1v) is 2.26. The van der Waals surface area contributed by atoms with E-state index >= 15 is 0 Å². The molecule has 0 aliphatic rings. The molecule has 0 spiro atoms. The lowest BCUT2D eigenvalue weighted by Crippen LogP contribution is -1.93. The Morgan fingerprint density at radius 3 is 2.25 bits per heavy atom. The zero-order valence-corrected chi connectivity index (χ0v) is 6.04. The zero-order chi connectivity index (χ0) is 5.70. The SMILES string of the molecule is CCC(=O)CC=O.[Al]. The summed E-state index contributed by atoms with van der Waals surface area (Å²) in [7, 11) is 0. The maximum absolute atomic E-state index is 10.2. The molecule has 0 aliphatic heterocycles. The van der Waals surface area contributed by atoms with E-state index in [0.717, 1.165) is 0 Å². The Balaban J connectivity index is 0. The van der Waals surface area contributed by atoms with Gasteiger partial charge in [0.05, 0.1) is 6.42 Å². The summed E-state index contributed by atoms with van der Waals surface area (Å²) >= 11 is 0. The van der Waals surface area contributed by atoms with Gasteiger partial charge < -0.3 is 4.79 Å². The Bertz CT molecular complexity index is 80.5. The Hall–Kier alpha value is -0.128. The van der Waals surface area contributed by atoms with Crippen molar-refractivity contribution >= 4 is 29.4 Å². The molecule has 0 N–H and O–H groups in total. The summed E-state index contributed by atoms with van der Waals surface area (Å²) in [5, 5.41) is 0. The summed E-state index contributed by atoms with van der Waals surface area (Å²) in [5.41, 5.74) is 0. The molecule has 3 heteroatoms. The Kier molecular flexibility index (Phi) is 9.26. The molecular weight excluding hydrogens is 119 g/mol. The van der Waals surface area contributed by atoms with Crippen molar-refractivity contribution in [1.82, 2.24) is 0 Å². The summed E-state index contributed by atoms with van der Waals surface area (Å²) in [4.78, 5) is 19.7. The van der Waals surface area contributed by atoms with Crippen molar-refractivity contribution in [3.05, 3.63) is 0 Å². The lowest BCUT2D eigenvalue weighted by atomic mass is 10.2. The van der Waals surface area contributed by atoms with Crippen LogP contribution in [-0.2, 0) is 9.59 Å². The summed E-state index contributed by atoms with van der Waals surface area (Å²) in [5.74, 6) is 0.00926. The average molecular weight is 127 g/mol. The number of rotatable bonds is 3.